The van der Waals surface area contributed by atoms with E-state index in [1.54, 1.807) is 49.4 Å². The second kappa shape index (κ2) is 8.72. The second-order valence-electron chi connectivity index (χ2n) is 6.38. The lowest BCUT2D eigenvalue weighted by Gasteiger charge is -2.13. The summed E-state index contributed by atoms with van der Waals surface area (Å²) in [7, 11) is 0. The van der Waals surface area contributed by atoms with Crippen LogP contribution in [0.1, 0.15) is 39.2 Å². The summed E-state index contributed by atoms with van der Waals surface area (Å²) < 4.78 is 0. The number of aromatic nitrogens is 1. The van der Waals surface area contributed by atoms with Crippen LogP contribution in [0.15, 0.2) is 60.8 Å². The topological polar surface area (TPSA) is 117 Å². The number of pyridine rings is 1. The van der Waals surface area contributed by atoms with Crippen molar-refractivity contribution in [3.63, 3.8) is 0 Å². The molecule has 0 saturated carbocycles. The maximum Gasteiger partial charge on any atom is 0.259 e. The van der Waals surface area contributed by atoms with Gasteiger partial charge in [0.05, 0.1) is 21.8 Å². The first kappa shape index (κ1) is 20.3. The second-order valence-corrected chi connectivity index (χ2v) is 6.82. The Morgan fingerprint density at radius 2 is 1.76 bits per heavy atom. The average molecular weight is 411 g/mol. The molecule has 2 amide bonds. The first-order valence-corrected chi connectivity index (χ1v) is 9.14. The zero-order valence-corrected chi connectivity index (χ0v) is 16.3. The van der Waals surface area contributed by atoms with Crippen molar-refractivity contribution in [3.05, 3.63) is 82.5 Å². The van der Waals surface area contributed by atoms with Gasteiger partial charge in [-0.2, -0.15) is 0 Å². The van der Waals surface area contributed by atoms with Crippen LogP contribution in [0.2, 0.25) is 5.02 Å². The monoisotopic (exact) mass is 410 g/mol. The molecule has 3 rings (SSSR count). The largest absolute Gasteiger partial charge is 0.507 e. The number of para-hydroxylation sites is 1. The molecular weight excluding hydrogens is 392 g/mol. The van der Waals surface area contributed by atoms with Crippen LogP contribution >= 0.6 is 11.6 Å². The molecule has 8 heteroatoms. The first-order chi connectivity index (χ1) is 13.8. The standard InChI is InChI=1S/C21H19ClN4O3/c1-12(23)13-6-8-16(18(27)10-13)21(29)25-17-5-3-2-4-15(17)20(28)26-19-9-7-14(22)11-24-19/h2-12,27H,23H2,1H3,(H,25,29)(H,24,26,28). The van der Waals surface area contributed by atoms with Crippen molar-refractivity contribution in [2.75, 3.05) is 10.6 Å². The third-order valence-corrected chi connectivity index (χ3v) is 4.40. The smallest absolute Gasteiger partial charge is 0.259 e. The zero-order chi connectivity index (χ0) is 21.0. The summed E-state index contributed by atoms with van der Waals surface area (Å²) in [5.41, 5.74) is 7.10. The number of carbonyl (C=O) groups is 2. The fourth-order valence-corrected chi connectivity index (χ4v) is 2.75. The van der Waals surface area contributed by atoms with Crippen molar-refractivity contribution in [1.29, 1.82) is 0 Å². The summed E-state index contributed by atoms with van der Waals surface area (Å²) >= 11 is 5.80. The molecule has 0 radical (unpaired) electrons. The Labute approximate surface area is 172 Å². The molecule has 0 aliphatic carbocycles. The molecule has 3 aromatic rings. The van der Waals surface area contributed by atoms with Crippen LogP contribution in [0.5, 0.6) is 5.75 Å². The van der Waals surface area contributed by atoms with E-state index in [-0.39, 0.29) is 22.9 Å². The molecule has 0 bridgehead atoms. The molecule has 0 aliphatic rings. The Kier molecular flexibility index (Phi) is 6.11. The molecule has 1 aromatic heterocycles. The van der Waals surface area contributed by atoms with Gasteiger partial charge in [0.15, 0.2) is 0 Å². The average Bonchev–Trinajstić information content (AvgIpc) is 2.69. The summed E-state index contributed by atoms with van der Waals surface area (Å²) in [5.74, 6) is -0.870. The number of phenolic OH excluding ortho intramolecular Hbond substituents is 1. The molecular formula is C21H19ClN4O3. The molecule has 1 heterocycles. The number of nitrogens with one attached hydrogen (secondary N) is 2. The highest BCUT2D eigenvalue weighted by molar-refractivity contribution is 6.30. The van der Waals surface area contributed by atoms with E-state index in [1.165, 1.54) is 18.3 Å². The predicted molar refractivity (Wildman–Crippen MR) is 112 cm³/mol. The van der Waals surface area contributed by atoms with E-state index in [0.29, 0.717) is 22.1 Å². The highest BCUT2D eigenvalue weighted by Gasteiger charge is 2.17. The van der Waals surface area contributed by atoms with Crippen LogP contribution in [-0.2, 0) is 0 Å². The van der Waals surface area contributed by atoms with Gasteiger partial charge in [-0.05, 0) is 48.9 Å². The fraction of sp³-hybridized carbons (Fsp3) is 0.0952. The molecule has 0 spiro atoms. The van der Waals surface area contributed by atoms with Crippen molar-refractivity contribution in [1.82, 2.24) is 4.98 Å². The van der Waals surface area contributed by atoms with E-state index in [0.717, 1.165) is 0 Å². The summed E-state index contributed by atoms with van der Waals surface area (Å²) in [6, 6.07) is 14.0. The molecule has 148 valence electrons. The minimum atomic E-state index is -0.552. The van der Waals surface area contributed by atoms with Crippen molar-refractivity contribution in [2.24, 2.45) is 5.73 Å². The number of nitrogens with two attached hydrogens (primary N) is 1. The first-order valence-electron chi connectivity index (χ1n) is 8.77. The molecule has 1 atom stereocenters. The SMILES string of the molecule is CC(N)c1ccc(C(=O)Nc2ccccc2C(=O)Nc2ccc(Cl)cn2)c(O)c1. The summed E-state index contributed by atoms with van der Waals surface area (Å²) in [5, 5.41) is 15.9. The van der Waals surface area contributed by atoms with Crippen LogP contribution in [-0.4, -0.2) is 21.9 Å². The lowest BCUT2D eigenvalue weighted by Crippen LogP contribution is -2.19. The maximum absolute atomic E-state index is 12.6. The lowest BCUT2D eigenvalue weighted by atomic mass is 10.0. The Balaban J connectivity index is 1.81. The van der Waals surface area contributed by atoms with E-state index >= 15 is 0 Å². The van der Waals surface area contributed by atoms with Gasteiger partial charge in [0, 0.05) is 12.2 Å². The number of hydrogen-bond acceptors (Lipinski definition) is 5. The van der Waals surface area contributed by atoms with Gasteiger partial charge in [0.25, 0.3) is 11.8 Å². The molecule has 5 N–H and O–H groups in total. The number of hydrogen-bond donors (Lipinski definition) is 4. The molecule has 0 saturated heterocycles. The van der Waals surface area contributed by atoms with Gasteiger partial charge in [-0.15, -0.1) is 0 Å². The van der Waals surface area contributed by atoms with Crippen LogP contribution in [0.3, 0.4) is 0 Å². The van der Waals surface area contributed by atoms with Crippen molar-refractivity contribution < 1.29 is 14.7 Å². The number of carbonyl (C=O) groups excluding carboxylic acids is 2. The number of benzene rings is 2. The number of amides is 2. The normalized spacial score (nSPS) is 11.6. The van der Waals surface area contributed by atoms with Crippen molar-refractivity contribution >= 4 is 34.9 Å². The molecule has 7 nitrogen and oxygen atoms in total. The van der Waals surface area contributed by atoms with Crippen LogP contribution < -0.4 is 16.4 Å². The maximum atomic E-state index is 12.6. The van der Waals surface area contributed by atoms with E-state index in [1.807, 2.05) is 0 Å². The Hall–Kier alpha value is -3.42. The van der Waals surface area contributed by atoms with Crippen LogP contribution in [0.25, 0.3) is 0 Å². The number of halogens is 1. The van der Waals surface area contributed by atoms with Crippen molar-refractivity contribution in [2.45, 2.75) is 13.0 Å². The van der Waals surface area contributed by atoms with Crippen molar-refractivity contribution in [3.8, 4) is 5.75 Å². The van der Waals surface area contributed by atoms with Gasteiger partial charge >= 0.3 is 0 Å². The van der Waals surface area contributed by atoms with E-state index in [4.69, 9.17) is 17.3 Å². The van der Waals surface area contributed by atoms with Crippen LogP contribution in [0, 0.1) is 0 Å². The zero-order valence-electron chi connectivity index (χ0n) is 15.5. The van der Waals surface area contributed by atoms with E-state index in [9.17, 15) is 14.7 Å². The van der Waals surface area contributed by atoms with Crippen LogP contribution in [0.4, 0.5) is 11.5 Å². The summed E-state index contributed by atoms with van der Waals surface area (Å²) in [6.45, 7) is 1.78. The van der Waals surface area contributed by atoms with E-state index in [2.05, 4.69) is 15.6 Å². The van der Waals surface area contributed by atoms with E-state index < -0.39 is 11.8 Å². The van der Waals surface area contributed by atoms with Gasteiger partial charge in [0.1, 0.15) is 11.6 Å². The Morgan fingerprint density at radius 1 is 1.03 bits per heavy atom. The van der Waals surface area contributed by atoms with Gasteiger partial charge in [-0.1, -0.05) is 29.8 Å². The highest BCUT2D eigenvalue weighted by atomic mass is 35.5. The highest BCUT2D eigenvalue weighted by Crippen LogP contribution is 2.24. The Morgan fingerprint density at radius 3 is 2.41 bits per heavy atom. The minimum Gasteiger partial charge on any atom is -0.507 e. The van der Waals surface area contributed by atoms with Gasteiger partial charge < -0.3 is 21.5 Å². The van der Waals surface area contributed by atoms with Gasteiger partial charge in [-0.3, -0.25) is 9.59 Å². The number of rotatable bonds is 5. The summed E-state index contributed by atoms with van der Waals surface area (Å²) in [4.78, 5) is 29.3. The predicted octanol–water partition coefficient (Wildman–Crippen LogP) is 3.96. The quantitative estimate of drug-likeness (QED) is 0.507. The number of anilines is 2. The lowest BCUT2D eigenvalue weighted by molar-refractivity contribution is 0.102. The molecule has 2 aromatic carbocycles. The molecule has 0 aliphatic heterocycles. The Bertz CT molecular complexity index is 1050. The van der Waals surface area contributed by atoms with Gasteiger partial charge in [-0.25, -0.2) is 4.98 Å². The number of nitrogens with zero attached hydrogens (tertiary/aromatic N) is 1. The summed E-state index contributed by atoms with van der Waals surface area (Å²) in [6.07, 6.45) is 1.42. The molecule has 0 fully saturated rings. The minimum absolute atomic E-state index is 0.0731. The third-order valence-electron chi connectivity index (χ3n) is 4.18. The number of aromatic hydroxyl groups is 1. The fourth-order valence-electron chi connectivity index (χ4n) is 2.64. The number of phenols is 1. The third kappa shape index (κ3) is 4.90. The molecule has 29 heavy (non-hydrogen) atoms. The molecule has 1 unspecified atom stereocenters. The van der Waals surface area contributed by atoms with Gasteiger partial charge in [0.2, 0.25) is 0 Å².